The number of hydrogen-bond donors (Lipinski definition) is 1. The Morgan fingerprint density at radius 3 is 2.63 bits per heavy atom. The third-order valence-electron chi connectivity index (χ3n) is 2.16. The van der Waals surface area contributed by atoms with E-state index in [9.17, 15) is 12.8 Å². The quantitative estimate of drug-likeness (QED) is 0.906. The van der Waals surface area contributed by atoms with Gasteiger partial charge in [0.05, 0.1) is 16.9 Å². The maximum Gasteiger partial charge on any atom is 0.263 e. The third kappa shape index (κ3) is 3.43. The van der Waals surface area contributed by atoms with Gasteiger partial charge in [-0.05, 0) is 40.2 Å². The Kier molecular flexibility index (Phi) is 4.07. The molecule has 1 heterocycles. The van der Waals surface area contributed by atoms with Crippen molar-refractivity contribution in [1.29, 1.82) is 0 Å². The molecule has 2 rings (SSSR count). The third-order valence-corrected chi connectivity index (χ3v) is 4.72. The Hall–Kier alpha value is -1.18. The molecular weight excluding hydrogens is 359 g/mol. The fourth-order valence-corrected chi connectivity index (χ4v) is 2.83. The summed E-state index contributed by atoms with van der Waals surface area (Å²) in [6.07, 6.45) is 1.99. The second-order valence-electron chi connectivity index (χ2n) is 3.57. The number of hydrogen-bond acceptors (Lipinski definition) is 3. The van der Waals surface area contributed by atoms with Crippen LogP contribution in [-0.2, 0) is 10.0 Å². The van der Waals surface area contributed by atoms with Crippen molar-refractivity contribution in [1.82, 2.24) is 4.98 Å². The molecule has 19 heavy (non-hydrogen) atoms. The Bertz CT molecular complexity index is 724. The summed E-state index contributed by atoms with van der Waals surface area (Å²) in [6.45, 7) is 0. The summed E-state index contributed by atoms with van der Waals surface area (Å²) in [5, 5.41) is 0.454. The summed E-state index contributed by atoms with van der Waals surface area (Å²) in [5.41, 5.74) is 0.306. The predicted octanol–water partition coefficient (Wildman–Crippen LogP) is 3.44. The summed E-state index contributed by atoms with van der Waals surface area (Å²) in [6, 6.07) is 5.43. The normalized spacial score (nSPS) is 11.3. The fraction of sp³-hybridized carbons (Fsp3) is 0. The Balaban J connectivity index is 2.33. The standard InChI is InChI=1S/C11H7BrClFN2O2S/c12-10-4-8(1-2-11(10)13)16-19(17,18)9-3-7(14)5-15-6-9/h1-6,16H. The monoisotopic (exact) mass is 364 g/mol. The molecule has 0 amide bonds. The molecule has 1 aromatic heterocycles. The van der Waals surface area contributed by atoms with Crippen molar-refractivity contribution >= 4 is 43.2 Å². The van der Waals surface area contributed by atoms with E-state index >= 15 is 0 Å². The molecule has 8 heteroatoms. The number of benzene rings is 1. The van der Waals surface area contributed by atoms with Crippen LogP contribution >= 0.6 is 27.5 Å². The topological polar surface area (TPSA) is 59.1 Å². The molecule has 0 aliphatic carbocycles. The molecule has 0 saturated heterocycles. The first-order valence-electron chi connectivity index (χ1n) is 4.97. The molecule has 0 atom stereocenters. The van der Waals surface area contributed by atoms with Gasteiger partial charge in [0.1, 0.15) is 10.7 Å². The van der Waals surface area contributed by atoms with Crippen LogP contribution in [0.4, 0.5) is 10.1 Å². The molecule has 4 nitrogen and oxygen atoms in total. The van der Waals surface area contributed by atoms with Crippen LogP contribution in [0.5, 0.6) is 0 Å². The highest BCUT2D eigenvalue weighted by molar-refractivity contribution is 9.10. The molecule has 0 unspecified atom stereocenters. The molecule has 0 bridgehead atoms. The van der Waals surface area contributed by atoms with E-state index in [2.05, 4.69) is 25.6 Å². The highest BCUT2D eigenvalue weighted by Gasteiger charge is 2.15. The highest BCUT2D eigenvalue weighted by atomic mass is 79.9. The van der Waals surface area contributed by atoms with Crippen molar-refractivity contribution in [3.05, 3.63) is 52.0 Å². The lowest BCUT2D eigenvalue weighted by Gasteiger charge is -2.08. The van der Waals surface area contributed by atoms with Gasteiger partial charge in [-0.25, -0.2) is 12.8 Å². The lowest BCUT2D eigenvalue weighted by atomic mass is 10.3. The van der Waals surface area contributed by atoms with Crippen LogP contribution in [0.2, 0.25) is 5.02 Å². The SMILES string of the molecule is O=S(=O)(Nc1ccc(Cl)c(Br)c1)c1cncc(F)c1. The van der Waals surface area contributed by atoms with Gasteiger partial charge < -0.3 is 0 Å². The molecule has 0 saturated carbocycles. The predicted molar refractivity (Wildman–Crippen MR) is 74.2 cm³/mol. The minimum atomic E-state index is -3.88. The Labute approximate surface area is 122 Å². The summed E-state index contributed by atoms with van der Waals surface area (Å²) in [5.74, 6) is -0.722. The minimum Gasteiger partial charge on any atom is -0.280 e. The zero-order chi connectivity index (χ0) is 14.0. The first-order chi connectivity index (χ1) is 8.88. The molecular formula is C11H7BrClFN2O2S. The number of nitrogens with one attached hydrogen (secondary N) is 1. The molecule has 100 valence electrons. The number of nitrogens with zero attached hydrogens (tertiary/aromatic N) is 1. The number of pyridine rings is 1. The number of halogens is 3. The van der Waals surface area contributed by atoms with Gasteiger partial charge in [-0.1, -0.05) is 11.6 Å². The number of sulfonamides is 1. The van der Waals surface area contributed by atoms with Crippen LogP contribution in [0.1, 0.15) is 0 Å². The van der Waals surface area contributed by atoms with Gasteiger partial charge >= 0.3 is 0 Å². The molecule has 0 radical (unpaired) electrons. The maximum absolute atomic E-state index is 13.0. The van der Waals surface area contributed by atoms with Gasteiger partial charge in [-0.15, -0.1) is 0 Å². The zero-order valence-corrected chi connectivity index (χ0v) is 12.4. The molecule has 0 aliphatic rings. The maximum atomic E-state index is 13.0. The molecule has 2 aromatic rings. The largest absolute Gasteiger partial charge is 0.280 e. The van der Waals surface area contributed by atoms with Gasteiger partial charge in [0.25, 0.3) is 10.0 Å². The summed E-state index contributed by atoms with van der Waals surface area (Å²) in [4.78, 5) is 3.25. The average molecular weight is 366 g/mol. The van der Waals surface area contributed by atoms with Crippen LogP contribution < -0.4 is 4.72 Å². The molecule has 1 N–H and O–H groups in total. The van der Waals surface area contributed by atoms with Crippen LogP contribution in [0.3, 0.4) is 0 Å². The molecule has 1 aromatic carbocycles. The lowest BCUT2D eigenvalue weighted by molar-refractivity contribution is 0.592. The summed E-state index contributed by atoms with van der Waals surface area (Å²) in [7, 11) is -3.88. The molecule has 0 fully saturated rings. The van der Waals surface area contributed by atoms with Crippen LogP contribution in [0.25, 0.3) is 0 Å². The second kappa shape index (κ2) is 5.44. The van der Waals surface area contributed by atoms with Gasteiger partial charge in [0.15, 0.2) is 0 Å². The van der Waals surface area contributed by atoms with Crippen molar-refractivity contribution < 1.29 is 12.8 Å². The van der Waals surface area contributed by atoms with Crippen LogP contribution in [0, 0.1) is 5.82 Å². The minimum absolute atomic E-state index is 0.251. The van der Waals surface area contributed by atoms with Crippen molar-refractivity contribution in [2.45, 2.75) is 4.90 Å². The van der Waals surface area contributed by atoms with Crippen molar-refractivity contribution in [2.24, 2.45) is 0 Å². The Morgan fingerprint density at radius 1 is 1.26 bits per heavy atom. The Morgan fingerprint density at radius 2 is 2.00 bits per heavy atom. The van der Waals surface area contributed by atoms with E-state index < -0.39 is 15.8 Å². The molecule has 0 spiro atoms. The number of rotatable bonds is 3. The zero-order valence-electron chi connectivity index (χ0n) is 9.27. The second-order valence-corrected chi connectivity index (χ2v) is 6.52. The van der Waals surface area contributed by atoms with Gasteiger partial charge in [-0.3, -0.25) is 9.71 Å². The van der Waals surface area contributed by atoms with Crippen LogP contribution in [0.15, 0.2) is 46.0 Å². The number of anilines is 1. The first kappa shape index (κ1) is 14.2. The highest BCUT2D eigenvalue weighted by Crippen LogP contribution is 2.26. The van der Waals surface area contributed by atoms with Crippen molar-refractivity contribution in [2.75, 3.05) is 4.72 Å². The van der Waals surface area contributed by atoms with Crippen LogP contribution in [-0.4, -0.2) is 13.4 Å². The first-order valence-corrected chi connectivity index (χ1v) is 7.62. The van der Waals surface area contributed by atoms with E-state index in [0.29, 0.717) is 15.2 Å². The smallest absolute Gasteiger partial charge is 0.263 e. The van der Waals surface area contributed by atoms with E-state index in [0.717, 1.165) is 18.5 Å². The summed E-state index contributed by atoms with van der Waals surface area (Å²) >= 11 is 8.99. The number of aromatic nitrogens is 1. The fourth-order valence-electron chi connectivity index (χ4n) is 1.31. The van der Waals surface area contributed by atoms with Gasteiger partial charge in [0.2, 0.25) is 0 Å². The van der Waals surface area contributed by atoms with Gasteiger partial charge in [-0.2, -0.15) is 0 Å². The van der Waals surface area contributed by atoms with E-state index in [-0.39, 0.29) is 4.90 Å². The van der Waals surface area contributed by atoms with E-state index in [1.807, 2.05) is 0 Å². The van der Waals surface area contributed by atoms with Crippen molar-refractivity contribution in [3.8, 4) is 0 Å². The molecule has 0 aliphatic heterocycles. The average Bonchev–Trinajstić information content (AvgIpc) is 2.33. The van der Waals surface area contributed by atoms with E-state index in [1.54, 1.807) is 0 Å². The lowest BCUT2D eigenvalue weighted by Crippen LogP contribution is -2.13. The van der Waals surface area contributed by atoms with Gasteiger partial charge in [0, 0.05) is 10.7 Å². The van der Waals surface area contributed by atoms with E-state index in [4.69, 9.17) is 11.6 Å². The summed E-state index contributed by atoms with van der Waals surface area (Å²) < 4.78 is 39.8. The van der Waals surface area contributed by atoms with Crippen molar-refractivity contribution in [3.63, 3.8) is 0 Å². The van der Waals surface area contributed by atoms with E-state index in [1.165, 1.54) is 18.2 Å².